The molecule has 3 aromatic rings. The molecule has 1 nitrogen and oxygen atoms in total. The quantitative estimate of drug-likeness (QED) is 0.256. The lowest BCUT2D eigenvalue weighted by Gasteiger charge is -2.20. The van der Waals surface area contributed by atoms with Crippen molar-refractivity contribution in [1.82, 2.24) is 0 Å². The maximum atomic E-state index is 14.4. The van der Waals surface area contributed by atoms with E-state index in [0.717, 1.165) is 30.0 Å². The van der Waals surface area contributed by atoms with E-state index in [-0.39, 0.29) is 24.1 Å². The zero-order valence-electron chi connectivity index (χ0n) is 17.0. The van der Waals surface area contributed by atoms with Gasteiger partial charge in [-0.05, 0) is 42.0 Å². The van der Waals surface area contributed by atoms with Crippen LogP contribution in [0.2, 0.25) is 0 Å². The summed E-state index contributed by atoms with van der Waals surface area (Å²) in [5.41, 5.74) is 0.468. The van der Waals surface area contributed by atoms with Crippen LogP contribution in [0, 0.1) is 29.1 Å². The predicted octanol–water partition coefficient (Wildman–Crippen LogP) is 7.25. The highest BCUT2D eigenvalue weighted by atomic mass is 19.3. The minimum absolute atomic E-state index is 0.0664. The van der Waals surface area contributed by atoms with Crippen LogP contribution in [-0.4, -0.2) is 0 Å². The zero-order chi connectivity index (χ0) is 23.5. The van der Waals surface area contributed by atoms with Crippen molar-refractivity contribution >= 4 is 0 Å². The summed E-state index contributed by atoms with van der Waals surface area (Å²) in [6, 6.07) is 9.64. The fourth-order valence-electron chi connectivity index (χ4n) is 3.24. The Kier molecular flexibility index (Phi) is 7.11. The molecule has 0 fully saturated rings. The van der Waals surface area contributed by atoms with Gasteiger partial charge in [0.15, 0.2) is 29.1 Å². The van der Waals surface area contributed by atoms with E-state index in [1.54, 1.807) is 0 Å². The number of ether oxygens (including phenoxy) is 1. The molecule has 0 atom stereocenters. The second-order valence-corrected chi connectivity index (χ2v) is 7.29. The van der Waals surface area contributed by atoms with Crippen molar-refractivity contribution in [2.75, 3.05) is 0 Å². The lowest BCUT2D eigenvalue weighted by Crippen LogP contribution is -2.24. The highest BCUT2D eigenvalue weighted by Crippen LogP contribution is 2.35. The van der Waals surface area contributed by atoms with E-state index >= 15 is 0 Å². The average Bonchev–Trinajstić information content (AvgIpc) is 2.74. The van der Waals surface area contributed by atoms with E-state index in [2.05, 4.69) is 11.7 Å². The van der Waals surface area contributed by atoms with Crippen molar-refractivity contribution in [3.63, 3.8) is 0 Å². The lowest BCUT2D eigenvalue weighted by atomic mass is 10.00. The first-order valence-corrected chi connectivity index (χ1v) is 9.89. The molecule has 32 heavy (non-hydrogen) atoms. The van der Waals surface area contributed by atoms with Crippen LogP contribution in [0.5, 0.6) is 5.75 Å². The Balaban J connectivity index is 1.77. The van der Waals surface area contributed by atoms with Crippen molar-refractivity contribution in [3.8, 4) is 5.75 Å². The smallest absolute Gasteiger partial charge is 0.429 e. The molecule has 0 aliphatic rings. The molecule has 3 rings (SSSR count). The van der Waals surface area contributed by atoms with Gasteiger partial charge in [0.25, 0.3) is 0 Å². The van der Waals surface area contributed by atoms with E-state index in [9.17, 15) is 30.7 Å². The Morgan fingerprint density at radius 3 is 1.81 bits per heavy atom. The molecule has 8 heteroatoms. The fourth-order valence-corrected chi connectivity index (χ4v) is 3.24. The maximum absolute atomic E-state index is 14.4. The molecule has 0 saturated heterocycles. The van der Waals surface area contributed by atoms with Crippen LogP contribution in [0.1, 0.15) is 35.6 Å². The minimum atomic E-state index is -4.46. The lowest BCUT2D eigenvalue weighted by molar-refractivity contribution is -0.188. The molecular weight excluding hydrogens is 437 g/mol. The summed E-state index contributed by atoms with van der Waals surface area (Å²) in [5, 5.41) is 0. The molecule has 3 aromatic carbocycles. The van der Waals surface area contributed by atoms with Gasteiger partial charge in [-0.25, -0.2) is 22.0 Å². The van der Waals surface area contributed by atoms with Crippen molar-refractivity contribution in [3.05, 3.63) is 99.9 Å². The zero-order valence-corrected chi connectivity index (χ0v) is 17.0. The topological polar surface area (TPSA) is 9.23 Å². The number of halogens is 7. The Labute approximate surface area is 180 Å². The molecule has 0 saturated carbocycles. The molecule has 0 aromatic heterocycles. The van der Waals surface area contributed by atoms with Crippen molar-refractivity contribution < 1.29 is 35.5 Å². The van der Waals surface area contributed by atoms with Crippen LogP contribution >= 0.6 is 0 Å². The predicted molar refractivity (Wildman–Crippen MR) is 105 cm³/mol. The van der Waals surface area contributed by atoms with E-state index in [1.165, 1.54) is 0 Å². The molecule has 0 bridgehead atoms. The summed E-state index contributed by atoms with van der Waals surface area (Å²) in [6.07, 6.45) is -2.11. The van der Waals surface area contributed by atoms with E-state index < -0.39 is 46.5 Å². The van der Waals surface area contributed by atoms with Crippen LogP contribution < -0.4 is 4.74 Å². The number of benzene rings is 3. The third kappa shape index (κ3) is 5.23. The first-order valence-electron chi connectivity index (χ1n) is 9.89. The Hall–Kier alpha value is -3.03. The fraction of sp³-hybridized carbons (Fsp3) is 0.250. The maximum Gasteiger partial charge on any atom is 0.429 e. The number of alkyl halides is 2. The highest BCUT2D eigenvalue weighted by Gasteiger charge is 2.39. The number of aryl methyl sites for hydroxylation is 3. The molecule has 0 spiro atoms. The van der Waals surface area contributed by atoms with Gasteiger partial charge in [-0.2, -0.15) is 8.78 Å². The number of rotatable bonds is 8. The summed E-state index contributed by atoms with van der Waals surface area (Å²) < 4.78 is 101. The summed E-state index contributed by atoms with van der Waals surface area (Å²) in [5.74, 6) is -9.79. The van der Waals surface area contributed by atoms with Gasteiger partial charge >= 0.3 is 6.11 Å². The van der Waals surface area contributed by atoms with Gasteiger partial charge in [-0.3, -0.25) is 0 Å². The Morgan fingerprint density at radius 1 is 0.688 bits per heavy atom. The molecule has 0 radical (unpaired) electrons. The highest BCUT2D eigenvalue weighted by molar-refractivity contribution is 5.32. The van der Waals surface area contributed by atoms with Gasteiger partial charge < -0.3 is 4.74 Å². The Bertz CT molecular complexity index is 1070. The molecular formula is C24H19F7O. The second kappa shape index (κ2) is 9.63. The van der Waals surface area contributed by atoms with Crippen molar-refractivity contribution in [1.29, 1.82) is 0 Å². The van der Waals surface area contributed by atoms with E-state index in [1.807, 2.05) is 24.3 Å². The minimum Gasteiger partial charge on any atom is -0.429 e. The van der Waals surface area contributed by atoms with Crippen molar-refractivity contribution in [2.45, 2.75) is 38.7 Å². The third-order valence-electron chi connectivity index (χ3n) is 4.92. The first kappa shape index (κ1) is 23.6. The van der Waals surface area contributed by atoms with Crippen LogP contribution in [0.4, 0.5) is 30.7 Å². The average molecular weight is 456 g/mol. The van der Waals surface area contributed by atoms with Crippen LogP contribution in [0.25, 0.3) is 0 Å². The number of hydrogen-bond donors (Lipinski definition) is 0. The monoisotopic (exact) mass is 456 g/mol. The first-order chi connectivity index (χ1) is 15.1. The van der Waals surface area contributed by atoms with E-state index in [0.29, 0.717) is 12.5 Å². The Morgan fingerprint density at radius 2 is 1.25 bits per heavy atom. The van der Waals surface area contributed by atoms with Gasteiger partial charge in [0, 0.05) is 12.1 Å². The summed E-state index contributed by atoms with van der Waals surface area (Å²) in [7, 11) is 0. The summed E-state index contributed by atoms with van der Waals surface area (Å²) in [6.45, 7) is 2.06. The normalized spacial score (nSPS) is 11.6. The van der Waals surface area contributed by atoms with Gasteiger partial charge in [0.05, 0.1) is 0 Å². The van der Waals surface area contributed by atoms with Gasteiger partial charge in [0.2, 0.25) is 0 Å². The van der Waals surface area contributed by atoms with Crippen LogP contribution in [0.3, 0.4) is 0 Å². The molecule has 0 unspecified atom stereocenters. The molecule has 170 valence electrons. The van der Waals surface area contributed by atoms with Gasteiger partial charge in [0.1, 0.15) is 11.3 Å². The molecule has 0 aliphatic heterocycles. The SMILES string of the molecule is CCCc1ccc(CCc2ccc(C(F)(F)Oc3cc(F)c(F)c(F)c3)c(F)c2F)cc1. The van der Waals surface area contributed by atoms with Crippen molar-refractivity contribution in [2.24, 2.45) is 0 Å². The summed E-state index contributed by atoms with van der Waals surface area (Å²) in [4.78, 5) is 0. The van der Waals surface area contributed by atoms with Crippen LogP contribution in [-0.2, 0) is 25.4 Å². The molecule has 0 aliphatic carbocycles. The second-order valence-electron chi connectivity index (χ2n) is 7.29. The van der Waals surface area contributed by atoms with Crippen LogP contribution in [0.15, 0.2) is 48.5 Å². The standard InChI is InChI=1S/C24H19F7O/c1-2-3-14-4-6-15(7-5-14)8-9-16-10-11-18(22(28)21(16)27)24(30,31)32-17-12-19(25)23(29)20(26)13-17/h4-7,10-13H,2-3,8-9H2,1H3. The number of hydrogen-bond acceptors (Lipinski definition) is 1. The molecule has 0 heterocycles. The van der Waals surface area contributed by atoms with Gasteiger partial charge in [-0.1, -0.05) is 43.7 Å². The van der Waals surface area contributed by atoms with E-state index in [4.69, 9.17) is 0 Å². The molecule has 0 amide bonds. The largest absolute Gasteiger partial charge is 0.429 e. The summed E-state index contributed by atoms with van der Waals surface area (Å²) >= 11 is 0. The third-order valence-corrected chi connectivity index (χ3v) is 4.92. The molecule has 0 N–H and O–H groups in total. The van der Waals surface area contributed by atoms with Gasteiger partial charge in [-0.15, -0.1) is 0 Å².